The van der Waals surface area contributed by atoms with Gasteiger partial charge in [-0.1, -0.05) is 0 Å². The first-order chi connectivity index (χ1) is 13.2. The summed E-state index contributed by atoms with van der Waals surface area (Å²) in [6.07, 6.45) is 4.85. The Labute approximate surface area is 154 Å². The van der Waals surface area contributed by atoms with Gasteiger partial charge in [0.1, 0.15) is 11.8 Å². The first kappa shape index (κ1) is 16.8. The van der Waals surface area contributed by atoms with E-state index >= 15 is 0 Å². The van der Waals surface area contributed by atoms with Gasteiger partial charge < -0.3 is 19.8 Å². The Hall–Kier alpha value is -3.69. The van der Waals surface area contributed by atoms with Crippen molar-refractivity contribution in [2.75, 3.05) is 20.0 Å². The number of ether oxygens (including phenoxy) is 2. The van der Waals surface area contributed by atoms with Crippen LogP contribution in [0.2, 0.25) is 0 Å². The van der Waals surface area contributed by atoms with Gasteiger partial charge in [0.2, 0.25) is 23.7 Å². The van der Waals surface area contributed by atoms with Crippen LogP contribution >= 0.6 is 0 Å². The van der Waals surface area contributed by atoms with Crippen molar-refractivity contribution in [3.8, 4) is 28.8 Å². The first-order valence-electron chi connectivity index (χ1n) is 8.27. The summed E-state index contributed by atoms with van der Waals surface area (Å²) in [6, 6.07) is 3.66. The molecule has 0 atom stereocenters. The molecule has 10 nitrogen and oxygen atoms in total. The number of methoxy groups -OCH3 is 2. The zero-order chi connectivity index (χ0) is 19.0. The van der Waals surface area contributed by atoms with Gasteiger partial charge in [-0.15, -0.1) is 0 Å². The predicted octanol–water partition coefficient (Wildman–Crippen LogP) is 1.69. The number of nitrogens with two attached hydrogens (primary N) is 1. The van der Waals surface area contributed by atoms with Crippen molar-refractivity contribution < 1.29 is 9.47 Å². The summed E-state index contributed by atoms with van der Waals surface area (Å²) < 4.78 is 14.2. The molecule has 27 heavy (non-hydrogen) atoms. The van der Waals surface area contributed by atoms with Gasteiger partial charge in [-0.05, 0) is 13.0 Å². The summed E-state index contributed by atoms with van der Waals surface area (Å²) in [5, 5.41) is 4.17. The standard InChI is InChI=1S/C17H18N8O2/c1-4-24-14-11(10-5-6-13(26-2)23-15(10)27-3)7-19-8-12(14)22-17(24)25-16(18)20-9-21-25/h5-9H,4H2,1-3H3,(H2,18,20,21). The fourth-order valence-corrected chi connectivity index (χ4v) is 3.04. The van der Waals surface area contributed by atoms with Crippen LogP contribution in [0.1, 0.15) is 6.92 Å². The van der Waals surface area contributed by atoms with Gasteiger partial charge in [-0.25, -0.2) is 4.98 Å². The Morgan fingerprint density at radius 2 is 1.93 bits per heavy atom. The number of aromatic nitrogens is 7. The quantitative estimate of drug-likeness (QED) is 0.567. The van der Waals surface area contributed by atoms with Gasteiger partial charge in [0.25, 0.3) is 0 Å². The van der Waals surface area contributed by atoms with Crippen molar-refractivity contribution in [1.29, 1.82) is 0 Å². The van der Waals surface area contributed by atoms with E-state index in [1.165, 1.54) is 11.0 Å². The van der Waals surface area contributed by atoms with E-state index in [0.717, 1.165) is 16.6 Å². The van der Waals surface area contributed by atoms with Crippen molar-refractivity contribution >= 4 is 17.0 Å². The third-order valence-corrected chi connectivity index (χ3v) is 4.24. The number of hydrogen-bond acceptors (Lipinski definition) is 8. The van der Waals surface area contributed by atoms with Crippen molar-refractivity contribution in [1.82, 2.24) is 34.3 Å². The highest BCUT2D eigenvalue weighted by molar-refractivity contribution is 5.93. The van der Waals surface area contributed by atoms with Crippen LogP contribution in [0.3, 0.4) is 0 Å². The van der Waals surface area contributed by atoms with Crippen molar-refractivity contribution in [2.45, 2.75) is 13.5 Å². The lowest BCUT2D eigenvalue weighted by Crippen LogP contribution is -2.10. The van der Waals surface area contributed by atoms with Crippen LogP contribution in [-0.4, -0.2) is 48.5 Å². The minimum absolute atomic E-state index is 0.262. The van der Waals surface area contributed by atoms with Crippen molar-refractivity contribution in [3.63, 3.8) is 0 Å². The Balaban J connectivity index is 2.01. The molecule has 0 aromatic carbocycles. The summed E-state index contributed by atoms with van der Waals surface area (Å²) >= 11 is 0. The van der Waals surface area contributed by atoms with Crippen LogP contribution in [0, 0.1) is 0 Å². The first-order valence-corrected chi connectivity index (χ1v) is 8.27. The second-order valence-corrected chi connectivity index (χ2v) is 5.65. The van der Waals surface area contributed by atoms with E-state index in [0.29, 0.717) is 29.8 Å². The van der Waals surface area contributed by atoms with Crippen molar-refractivity contribution in [3.05, 3.63) is 30.9 Å². The number of nitrogen functional groups attached to an aromatic ring is 1. The molecule has 4 aromatic rings. The number of aryl methyl sites for hydroxylation is 1. The lowest BCUT2D eigenvalue weighted by molar-refractivity contribution is 0.366. The number of anilines is 1. The molecule has 4 heterocycles. The van der Waals surface area contributed by atoms with E-state index in [1.807, 2.05) is 17.6 Å². The molecule has 0 bridgehead atoms. The normalized spacial score (nSPS) is 11.1. The van der Waals surface area contributed by atoms with Crippen LogP contribution in [0.5, 0.6) is 11.8 Å². The Kier molecular flexibility index (Phi) is 4.07. The summed E-state index contributed by atoms with van der Waals surface area (Å²) in [5.74, 6) is 1.74. The highest BCUT2D eigenvalue weighted by atomic mass is 16.5. The van der Waals surface area contributed by atoms with Crippen LogP contribution < -0.4 is 15.2 Å². The monoisotopic (exact) mass is 366 g/mol. The minimum Gasteiger partial charge on any atom is -0.481 e. The molecule has 0 spiro atoms. The second-order valence-electron chi connectivity index (χ2n) is 5.65. The Bertz CT molecular complexity index is 1120. The molecule has 0 aliphatic rings. The lowest BCUT2D eigenvalue weighted by Gasteiger charge is -2.12. The molecule has 0 radical (unpaired) electrons. The maximum absolute atomic E-state index is 5.92. The van der Waals surface area contributed by atoms with Gasteiger partial charge in [-0.2, -0.15) is 19.7 Å². The molecule has 2 N–H and O–H groups in total. The topological polar surface area (TPSA) is 119 Å². The number of pyridine rings is 2. The molecule has 138 valence electrons. The van der Waals surface area contributed by atoms with Gasteiger partial charge in [0.05, 0.1) is 25.9 Å². The van der Waals surface area contributed by atoms with Crippen LogP contribution in [0.4, 0.5) is 5.95 Å². The molecule has 0 saturated carbocycles. The summed E-state index contributed by atoms with van der Waals surface area (Å²) in [7, 11) is 3.13. The number of imidazole rings is 1. The molecule has 0 unspecified atom stereocenters. The highest BCUT2D eigenvalue weighted by Gasteiger charge is 2.20. The number of fused-ring (bicyclic) bond motifs is 1. The van der Waals surface area contributed by atoms with E-state index in [2.05, 4.69) is 25.0 Å². The second kappa shape index (κ2) is 6.56. The molecule has 0 fully saturated rings. The largest absolute Gasteiger partial charge is 0.481 e. The van der Waals surface area contributed by atoms with Gasteiger partial charge in [0.15, 0.2) is 0 Å². The zero-order valence-corrected chi connectivity index (χ0v) is 15.1. The number of rotatable bonds is 5. The molecular formula is C17H18N8O2. The summed E-state index contributed by atoms with van der Waals surface area (Å²) in [4.78, 5) is 17.3. The van der Waals surface area contributed by atoms with E-state index < -0.39 is 0 Å². The van der Waals surface area contributed by atoms with Crippen LogP contribution in [-0.2, 0) is 6.54 Å². The number of hydrogen-bond donors (Lipinski definition) is 1. The third-order valence-electron chi connectivity index (χ3n) is 4.24. The van der Waals surface area contributed by atoms with Crippen molar-refractivity contribution in [2.24, 2.45) is 0 Å². The predicted molar refractivity (Wildman–Crippen MR) is 98.9 cm³/mol. The van der Waals surface area contributed by atoms with Crippen LogP contribution in [0.25, 0.3) is 28.1 Å². The maximum atomic E-state index is 5.92. The van der Waals surface area contributed by atoms with E-state index in [9.17, 15) is 0 Å². The van der Waals surface area contributed by atoms with Gasteiger partial charge in [0, 0.05) is 29.9 Å². The minimum atomic E-state index is 0.262. The molecule has 0 amide bonds. The molecule has 0 aliphatic heterocycles. The van der Waals surface area contributed by atoms with E-state index in [1.54, 1.807) is 32.7 Å². The molecule has 0 saturated heterocycles. The van der Waals surface area contributed by atoms with Gasteiger partial charge in [-0.3, -0.25) is 4.98 Å². The molecule has 10 heteroatoms. The smallest absolute Gasteiger partial charge is 0.235 e. The molecule has 4 aromatic heterocycles. The van der Waals surface area contributed by atoms with Crippen LogP contribution in [0.15, 0.2) is 30.9 Å². The van der Waals surface area contributed by atoms with E-state index in [-0.39, 0.29) is 5.95 Å². The summed E-state index contributed by atoms with van der Waals surface area (Å²) in [6.45, 7) is 2.67. The average Bonchev–Trinajstić information content (AvgIpc) is 3.29. The Morgan fingerprint density at radius 1 is 1.07 bits per heavy atom. The maximum Gasteiger partial charge on any atom is 0.235 e. The average molecular weight is 366 g/mol. The zero-order valence-electron chi connectivity index (χ0n) is 15.1. The third kappa shape index (κ3) is 2.62. The summed E-state index contributed by atoms with van der Waals surface area (Å²) in [5.41, 5.74) is 9.12. The van der Waals surface area contributed by atoms with Gasteiger partial charge >= 0.3 is 0 Å². The lowest BCUT2D eigenvalue weighted by atomic mass is 10.1. The SMILES string of the molecule is CCn1c(-n2ncnc2N)nc2cncc(-c3ccc(OC)nc3OC)c21. The fraction of sp³-hybridized carbons (Fsp3) is 0.235. The molecule has 0 aliphatic carbocycles. The fourth-order valence-electron chi connectivity index (χ4n) is 3.04. The number of nitrogens with zero attached hydrogens (tertiary/aromatic N) is 7. The Morgan fingerprint density at radius 3 is 2.59 bits per heavy atom. The molecule has 4 rings (SSSR count). The highest BCUT2D eigenvalue weighted by Crippen LogP contribution is 2.35. The molecular weight excluding hydrogens is 348 g/mol. The van der Waals surface area contributed by atoms with E-state index in [4.69, 9.17) is 15.2 Å².